The Kier molecular flexibility index (Phi) is 65.0. The lowest BCUT2D eigenvalue weighted by molar-refractivity contribution is -0.161. The Morgan fingerprint density at radius 3 is 0.740 bits per heavy atom. The topological polar surface area (TPSA) is 237 Å². The number of carbonyl (C=O) groups excluding carboxylic acids is 4. The molecule has 0 aromatic heterocycles. The van der Waals surface area contributed by atoms with E-state index in [0.29, 0.717) is 25.7 Å². The highest BCUT2D eigenvalue weighted by Crippen LogP contribution is 2.45. The summed E-state index contributed by atoms with van der Waals surface area (Å²) in [4.78, 5) is 72.8. The second-order valence-electron chi connectivity index (χ2n) is 29.2. The van der Waals surface area contributed by atoms with E-state index in [-0.39, 0.29) is 25.7 Å². The van der Waals surface area contributed by atoms with Crippen LogP contribution < -0.4 is 0 Å². The molecule has 0 aromatic carbocycles. The quantitative estimate of drug-likeness (QED) is 0.0222. The van der Waals surface area contributed by atoms with Gasteiger partial charge in [-0.1, -0.05) is 338 Å². The van der Waals surface area contributed by atoms with E-state index < -0.39 is 97.5 Å². The van der Waals surface area contributed by atoms with Crippen LogP contribution in [0, 0.1) is 23.7 Å². The van der Waals surface area contributed by atoms with Crippen LogP contribution in [0.2, 0.25) is 0 Å². The van der Waals surface area contributed by atoms with Gasteiger partial charge in [0, 0.05) is 25.7 Å². The van der Waals surface area contributed by atoms with E-state index in [2.05, 4.69) is 55.4 Å². The van der Waals surface area contributed by atoms with Crippen LogP contribution in [0.25, 0.3) is 0 Å². The highest BCUT2D eigenvalue weighted by Gasteiger charge is 2.30. The molecule has 17 nitrogen and oxygen atoms in total. The summed E-state index contributed by atoms with van der Waals surface area (Å²) < 4.78 is 68.5. The molecule has 0 saturated heterocycles. The fraction of sp³-hybridized carbons (Fsp3) is 0.948. The highest BCUT2D eigenvalue weighted by atomic mass is 31.2. The summed E-state index contributed by atoms with van der Waals surface area (Å²) in [5.41, 5.74) is 0. The molecule has 19 heteroatoms. The molecule has 0 fully saturated rings. The molecule has 0 saturated carbocycles. The fourth-order valence-corrected chi connectivity index (χ4v) is 13.2. The van der Waals surface area contributed by atoms with Gasteiger partial charge in [-0.15, -0.1) is 0 Å². The van der Waals surface area contributed by atoms with Crippen molar-refractivity contribution >= 4 is 39.5 Å². The van der Waals surface area contributed by atoms with Crippen molar-refractivity contribution in [2.24, 2.45) is 23.7 Å². The summed E-state index contributed by atoms with van der Waals surface area (Å²) in [5.74, 6) is 0.956. The first kappa shape index (κ1) is 94.1. The first-order valence-corrected chi connectivity index (χ1v) is 42.8. The molecule has 3 N–H and O–H groups in total. The molecule has 0 aromatic rings. The van der Waals surface area contributed by atoms with Crippen LogP contribution in [0.5, 0.6) is 0 Å². The molecule has 0 amide bonds. The number of carbonyl (C=O) groups is 4. The van der Waals surface area contributed by atoms with Crippen LogP contribution in [-0.4, -0.2) is 96.7 Å². The molecular weight excluding hydrogens is 1260 g/mol. The number of esters is 4. The third-order valence-electron chi connectivity index (χ3n) is 18.5. The molecule has 7 atom stereocenters. The predicted octanol–water partition coefficient (Wildman–Crippen LogP) is 22.4. The van der Waals surface area contributed by atoms with E-state index in [9.17, 15) is 43.2 Å². The number of phosphoric acid groups is 2. The van der Waals surface area contributed by atoms with Gasteiger partial charge in [0.25, 0.3) is 0 Å². The molecule has 0 aliphatic heterocycles. The second-order valence-corrected chi connectivity index (χ2v) is 32.1. The van der Waals surface area contributed by atoms with Gasteiger partial charge in [0.15, 0.2) is 12.2 Å². The molecule has 0 bridgehead atoms. The number of hydrogen-bond acceptors (Lipinski definition) is 15. The zero-order valence-corrected chi connectivity index (χ0v) is 64.8. The predicted molar refractivity (Wildman–Crippen MR) is 391 cm³/mol. The highest BCUT2D eigenvalue weighted by molar-refractivity contribution is 7.47. The van der Waals surface area contributed by atoms with Gasteiger partial charge in [0.2, 0.25) is 0 Å². The van der Waals surface area contributed by atoms with Crippen molar-refractivity contribution in [2.75, 3.05) is 39.6 Å². The minimum Gasteiger partial charge on any atom is -0.462 e. The smallest absolute Gasteiger partial charge is 0.462 e. The molecule has 0 radical (unpaired) electrons. The number of aliphatic hydroxyl groups excluding tert-OH is 1. The zero-order chi connectivity index (χ0) is 71.0. The maximum Gasteiger partial charge on any atom is 0.472 e. The Morgan fingerprint density at radius 1 is 0.292 bits per heavy atom. The van der Waals surface area contributed by atoms with Crippen LogP contribution in [0.15, 0.2) is 0 Å². The largest absolute Gasteiger partial charge is 0.472 e. The summed E-state index contributed by atoms with van der Waals surface area (Å²) in [5, 5.41) is 10.6. The molecule has 0 rings (SSSR count). The summed E-state index contributed by atoms with van der Waals surface area (Å²) in [6.45, 7) is 14.2. The van der Waals surface area contributed by atoms with Crippen molar-refractivity contribution in [3.8, 4) is 0 Å². The number of phosphoric ester groups is 2. The molecule has 570 valence electrons. The van der Waals surface area contributed by atoms with Crippen molar-refractivity contribution in [2.45, 2.75) is 408 Å². The van der Waals surface area contributed by atoms with Crippen LogP contribution in [-0.2, 0) is 65.4 Å². The van der Waals surface area contributed by atoms with Gasteiger partial charge in [0.1, 0.15) is 19.3 Å². The number of aliphatic hydroxyl groups is 1. The molecule has 0 aliphatic carbocycles. The van der Waals surface area contributed by atoms with Crippen LogP contribution in [0.3, 0.4) is 0 Å². The number of hydrogen-bond donors (Lipinski definition) is 3. The Bertz CT molecular complexity index is 1890. The lowest BCUT2D eigenvalue weighted by Gasteiger charge is -2.21. The van der Waals surface area contributed by atoms with E-state index in [1.54, 1.807) is 0 Å². The average Bonchev–Trinajstić information content (AvgIpc) is 1.76. The van der Waals surface area contributed by atoms with Crippen molar-refractivity contribution in [1.82, 2.24) is 0 Å². The summed E-state index contributed by atoms with van der Waals surface area (Å²) in [7, 11) is -9.91. The third-order valence-corrected chi connectivity index (χ3v) is 20.4. The van der Waals surface area contributed by atoms with E-state index in [4.69, 9.17) is 37.0 Å². The Labute approximate surface area is 588 Å². The zero-order valence-electron chi connectivity index (χ0n) is 63.0. The number of ether oxygens (including phenoxy) is 4. The summed E-state index contributed by atoms with van der Waals surface area (Å²) in [6.07, 6.45) is 51.5. The maximum absolute atomic E-state index is 13.1. The van der Waals surface area contributed by atoms with Crippen molar-refractivity contribution in [3.63, 3.8) is 0 Å². The van der Waals surface area contributed by atoms with Crippen molar-refractivity contribution < 1.29 is 80.2 Å². The second kappa shape index (κ2) is 66.3. The Morgan fingerprint density at radius 2 is 0.500 bits per heavy atom. The average molecular weight is 1410 g/mol. The third kappa shape index (κ3) is 67.9. The summed E-state index contributed by atoms with van der Waals surface area (Å²) in [6, 6.07) is 0. The van der Waals surface area contributed by atoms with Gasteiger partial charge < -0.3 is 33.8 Å². The van der Waals surface area contributed by atoms with Gasteiger partial charge in [0.05, 0.1) is 26.4 Å². The number of unbranched alkanes of at least 4 members (excludes halogenated alkanes) is 38. The minimum absolute atomic E-state index is 0.104. The number of rotatable bonds is 74. The molecule has 0 heterocycles. The fourth-order valence-electron chi connectivity index (χ4n) is 11.7. The van der Waals surface area contributed by atoms with E-state index in [1.807, 2.05) is 0 Å². The first-order chi connectivity index (χ1) is 46.2. The van der Waals surface area contributed by atoms with Crippen LogP contribution in [0.1, 0.15) is 389 Å². The first-order valence-electron chi connectivity index (χ1n) is 39.8. The maximum atomic E-state index is 13.1. The van der Waals surface area contributed by atoms with Crippen LogP contribution >= 0.6 is 15.6 Å². The molecular formula is C77H150O17P2. The van der Waals surface area contributed by atoms with Crippen LogP contribution in [0.4, 0.5) is 0 Å². The van der Waals surface area contributed by atoms with Crippen molar-refractivity contribution in [1.29, 1.82) is 0 Å². The molecule has 96 heavy (non-hydrogen) atoms. The van der Waals surface area contributed by atoms with E-state index in [0.717, 1.165) is 120 Å². The van der Waals surface area contributed by atoms with Gasteiger partial charge in [-0.25, -0.2) is 9.13 Å². The Hall–Kier alpha value is -1.94. The molecule has 0 aliphatic rings. The Balaban J connectivity index is 5.19. The monoisotopic (exact) mass is 1410 g/mol. The standard InChI is InChI=1S/C77H150O17P2/c1-9-69(7)55-47-39-31-24-21-22-25-32-41-49-57-74(79)87-63-72(94-77(82)60-52-44-34-28-27-30-38-46-54-68(5)6)65-91-95(83,84)89-61-71(78)62-90-96(85,86)92-66-73(64-88-75(80)58-50-42-36-35-40-48-56-70(8)10-2)93-76(81)59-51-43-33-26-20-18-16-14-12-11-13-15-17-19-23-29-37-45-53-67(3)4/h67-73,78H,9-66H2,1-8H3,(H,83,84)(H,85,86)/t69?,70?,71-,72-,73-/m1/s1. The van der Waals surface area contributed by atoms with Crippen molar-refractivity contribution in [3.05, 3.63) is 0 Å². The van der Waals surface area contributed by atoms with Gasteiger partial charge in [-0.2, -0.15) is 0 Å². The van der Waals surface area contributed by atoms with Gasteiger partial charge in [-0.3, -0.25) is 37.3 Å². The minimum atomic E-state index is -4.96. The normalized spacial score (nSPS) is 14.7. The lowest BCUT2D eigenvalue weighted by Crippen LogP contribution is -2.30. The van der Waals surface area contributed by atoms with Gasteiger partial charge in [-0.05, 0) is 49.4 Å². The SMILES string of the molecule is CCC(C)CCCCCCCCCCCCC(=O)OC[C@H](COP(=O)(O)OC[C@@H](O)COP(=O)(O)OC[C@@H](COC(=O)CCCCCCCCC(C)CC)OC(=O)CCCCCCCCCCCCCCCCCCCCC(C)C)OC(=O)CCCCCCCCCCC(C)C. The van der Waals surface area contributed by atoms with E-state index >= 15 is 0 Å². The molecule has 0 spiro atoms. The lowest BCUT2D eigenvalue weighted by atomic mass is 9.99. The van der Waals surface area contributed by atoms with Gasteiger partial charge >= 0.3 is 39.5 Å². The van der Waals surface area contributed by atoms with E-state index in [1.165, 1.54) is 186 Å². The summed E-state index contributed by atoms with van der Waals surface area (Å²) >= 11 is 0. The molecule has 4 unspecified atom stereocenters.